The Hall–Kier alpha value is -3.64. The van der Waals surface area contributed by atoms with Crippen molar-refractivity contribution < 1.29 is 37.7 Å². The highest BCUT2D eigenvalue weighted by Crippen LogP contribution is 2.35. The zero-order valence-corrected chi connectivity index (χ0v) is 17.8. The van der Waals surface area contributed by atoms with Crippen LogP contribution < -0.4 is 14.2 Å². The van der Waals surface area contributed by atoms with Crippen LogP contribution in [0.4, 0.5) is 5.69 Å². The number of nitrogens with zero attached hydrogens (tertiary/aromatic N) is 1. The van der Waals surface area contributed by atoms with E-state index < -0.39 is 22.0 Å². The number of methoxy groups -OCH3 is 2. The zero-order valence-electron chi connectivity index (χ0n) is 16.1. The van der Waals surface area contributed by atoms with Crippen LogP contribution in [-0.4, -0.2) is 49.8 Å². The quantitative estimate of drug-likeness (QED) is 0.457. The normalized spacial score (nSPS) is 11.0. The van der Waals surface area contributed by atoms with Crippen molar-refractivity contribution in [2.24, 2.45) is 0 Å². The van der Waals surface area contributed by atoms with E-state index in [4.69, 9.17) is 19.7 Å². The van der Waals surface area contributed by atoms with Crippen molar-refractivity contribution in [3.8, 4) is 22.1 Å². The van der Waals surface area contributed by atoms with E-state index in [-0.39, 0.29) is 33.3 Å². The lowest BCUT2D eigenvalue weighted by Crippen LogP contribution is -2.14. The Bertz CT molecular complexity index is 1270. The van der Waals surface area contributed by atoms with E-state index in [2.05, 4.69) is 9.71 Å². The van der Waals surface area contributed by atoms with Crippen molar-refractivity contribution in [1.29, 1.82) is 0 Å². The van der Waals surface area contributed by atoms with E-state index >= 15 is 0 Å². The molecule has 0 aliphatic rings. The minimum absolute atomic E-state index is 0.0172. The number of sulfonamides is 1. The van der Waals surface area contributed by atoms with Crippen molar-refractivity contribution >= 4 is 39.0 Å². The number of carbonyl (C=O) groups is 2. The highest BCUT2D eigenvalue weighted by Gasteiger charge is 2.22. The number of ether oxygens (including phenoxy) is 2. The molecule has 12 heteroatoms. The predicted molar refractivity (Wildman–Crippen MR) is 112 cm³/mol. The van der Waals surface area contributed by atoms with Gasteiger partial charge in [0.1, 0.15) is 16.5 Å². The fourth-order valence-corrected chi connectivity index (χ4v) is 4.81. The van der Waals surface area contributed by atoms with Gasteiger partial charge in [-0.3, -0.25) is 4.72 Å². The fraction of sp³-hybridized carbons (Fsp3) is 0.105. The van der Waals surface area contributed by atoms with Gasteiger partial charge in [0.15, 0.2) is 5.03 Å². The summed E-state index contributed by atoms with van der Waals surface area (Å²) in [6.45, 7) is 0. The first-order chi connectivity index (χ1) is 14.7. The van der Waals surface area contributed by atoms with Crippen molar-refractivity contribution in [1.82, 2.24) is 4.98 Å². The van der Waals surface area contributed by atoms with Gasteiger partial charge in [-0.25, -0.2) is 14.6 Å². The molecule has 0 spiro atoms. The van der Waals surface area contributed by atoms with Gasteiger partial charge in [-0.2, -0.15) is 8.42 Å². The van der Waals surface area contributed by atoms with Gasteiger partial charge in [0.2, 0.25) is 0 Å². The lowest BCUT2D eigenvalue weighted by Gasteiger charge is -2.11. The van der Waals surface area contributed by atoms with Crippen LogP contribution >= 0.6 is 11.3 Å². The van der Waals surface area contributed by atoms with Gasteiger partial charge < -0.3 is 19.7 Å². The molecule has 2 aromatic carbocycles. The maximum absolute atomic E-state index is 12.8. The molecule has 10 nitrogen and oxygen atoms in total. The van der Waals surface area contributed by atoms with E-state index in [1.807, 2.05) is 0 Å². The molecule has 0 saturated heterocycles. The van der Waals surface area contributed by atoms with Crippen LogP contribution in [0.25, 0.3) is 10.6 Å². The first-order valence-electron chi connectivity index (χ1n) is 8.47. The standard InChI is InChI=1S/C19H16N2O8S2/c1-28-14-7-10(18(22)23)3-5-12(14)17-20-16(9-30-17)31(26,27)21-13-6-4-11(19(24)25)8-15(13)29-2/h3-9,21H,1-2H3,(H,22,23)(H,24,25). The summed E-state index contributed by atoms with van der Waals surface area (Å²) in [5.74, 6) is -2.04. The average molecular weight is 464 g/mol. The van der Waals surface area contributed by atoms with Crippen molar-refractivity contribution in [2.45, 2.75) is 5.03 Å². The molecule has 0 amide bonds. The first kappa shape index (κ1) is 22.1. The van der Waals surface area contributed by atoms with Crippen molar-refractivity contribution in [2.75, 3.05) is 18.9 Å². The molecule has 0 bridgehead atoms. The molecular formula is C19H16N2O8S2. The number of hydrogen-bond donors (Lipinski definition) is 3. The average Bonchev–Trinajstić information content (AvgIpc) is 3.24. The third kappa shape index (κ3) is 4.59. The smallest absolute Gasteiger partial charge is 0.335 e. The van der Waals surface area contributed by atoms with Gasteiger partial charge >= 0.3 is 11.9 Å². The molecule has 3 aromatic rings. The van der Waals surface area contributed by atoms with Gasteiger partial charge in [0, 0.05) is 5.38 Å². The predicted octanol–water partition coefficient (Wildman–Crippen LogP) is 3.02. The molecule has 0 aliphatic heterocycles. The molecule has 162 valence electrons. The van der Waals surface area contributed by atoms with E-state index in [1.165, 1.54) is 56.0 Å². The van der Waals surface area contributed by atoms with Gasteiger partial charge in [0.25, 0.3) is 10.0 Å². The number of aromatic carboxylic acids is 2. The summed E-state index contributed by atoms with van der Waals surface area (Å²) >= 11 is 1.03. The van der Waals surface area contributed by atoms with Crippen LogP contribution in [0, 0.1) is 0 Å². The lowest BCUT2D eigenvalue weighted by atomic mass is 10.1. The number of thiazole rings is 1. The molecule has 31 heavy (non-hydrogen) atoms. The molecular weight excluding hydrogens is 448 g/mol. The minimum Gasteiger partial charge on any atom is -0.496 e. The molecule has 0 fully saturated rings. The Morgan fingerprint density at radius 2 is 1.55 bits per heavy atom. The SMILES string of the molecule is COc1cc(C(=O)O)ccc1NS(=O)(=O)c1csc(-c2ccc(C(=O)O)cc2OC)n1. The summed E-state index contributed by atoms with van der Waals surface area (Å²) in [6.07, 6.45) is 0. The van der Waals surface area contributed by atoms with Crippen LogP contribution in [-0.2, 0) is 10.0 Å². The molecule has 0 unspecified atom stereocenters. The van der Waals surface area contributed by atoms with Crippen LogP contribution in [0.5, 0.6) is 11.5 Å². The number of carboxylic acids is 2. The largest absolute Gasteiger partial charge is 0.496 e. The van der Waals surface area contributed by atoms with E-state index in [0.29, 0.717) is 10.6 Å². The number of benzene rings is 2. The molecule has 3 N–H and O–H groups in total. The monoisotopic (exact) mass is 464 g/mol. The van der Waals surface area contributed by atoms with Crippen molar-refractivity contribution in [3.63, 3.8) is 0 Å². The first-order valence-corrected chi connectivity index (χ1v) is 10.8. The summed E-state index contributed by atoms with van der Waals surface area (Å²) in [5.41, 5.74) is 0.434. The van der Waals surface area contributed by atoms with Crippen LogP contribution in [0.1, 0.15) is 20.7 Å². The summed E-state index contributed by atoms with van der Waals surface area (Å²) in [7, 11) is -1.47. The Morgan fingerprint density at radius 1 is 0.968 bits per heavy atom. The van der Waals surface area contributed by atoms with Gasteiger partial charge in [-0.05, 0) is 36.4 Å². The molecule has 3 rings (SSSR count). The van der Waals surface area contributed by atoms with Gasteiger partial charge in [0.05, 0.1) is 36.6 Å². The Morgan fingerprint density at radius 3 is 2.13 bits per heavy atom. The zero-order chi connectivity index (χ0) is 22.8. The Balaban J connectivity index is 1.94. The number of hydrogen-bond acceptors (Lipinski definition) is 8. The minimum atomic E-state index is -4.12. The van der Waals surface area contributed by atoms with E-state index in [1.54, 1.807) is 0 Å². The van der Waals surface area contributed by atoms with E-state index in [0.717, 1.165) is 11.3 Å². The third-order valence-electron chi connectivity index (χ3n) is 4.13. The summed E-state index contributed by atoms with van der Waals surface area (Å²) in [6, 6.07) is 7.88. The van der Waals surface area contributed by atoms with Crippen molar-refractivity contribution in [3.05, 3.63) is 52.9 Å². The topological polar surface area (TPSA) is 152 Å². The number of anilines is 1. The molecule has 0 atom stereocenters. The molecule has 0 radical (unpaired) electrons. The highest BCUT2D eigenvalue weighted by atomic mass is 32.2. The molecule has 0 saturated carbocycles. The second-order valence-electron chi connectivity index (χ2n) is 6.04. The van der Waals surface area contributed by atoms with Gasteiger partial charge in [-0.1, -0.05) is 0 Å². The molecule has 0 aliphatic carbocycles. The third-order valence-corrected chi connectivity index (χ3v) is 6.40. The summed E-state index contributed by atoms with van der Waals surface area (Å²) < 4.78 is 38.2. The Labute approximate surface area is 180 Å². The molecule has 1 aromatic heterocycles. The highest BCUT2D eigenvalue weighted by molar-refractivity contribution is 7.92. The van der Waals surface area contributed by atoms with Crippen LogP contribution in [0.15, 0.2) is 46.8 Å². The Kier molecular flexibility index (Phi) is 6.13. The second kappa shape index (κ2) is 8.62. The number of aromatic nitrogens is 1. The van der Waals surface area contributed by atoms with Gasteiger partial charge in [-0.15, -0.1) is 11.3 Å². The second-order valence-corrected chi connectivity index (χ2v) is 8.52. The summed E-state index contributed by atoms with van der Waals surface area (Å²) in [4.78, 5) is 26.4. The van der Waals surface area contributed by atoms with E-state index in [9.17, 15) is 18.0 Å². The molecule has 1 heterocycles. The maximum Gasteiger partial charge on any atom is 0.335 e. The van der Waals surface area contributed by atoms with Crippen LogP contribution in [0.2, 0.25) is 0 Å². The summed E-state index contributed by atoms with van der Waals surface area (Å²) in [5, 5.41) is 19.5. The van der Waals surface area contributed by atoms with Crippen LogP contribution in [0.3, 0.4) is 0 Å². The maximum atomic E-state index is 12.8. The number of rotatable bonds is 8. The fourth-order valence-electron chi connectivity index (χ4n) is 2.61. The number of nitrogens with one attached hydrogen (secondary N) is 1. The lowest BCUT2D eigenvalue weighted by molar-refractivity contribution is 0.0686. The number of carboxylic acid groups (broad SMARTS) is 2.